The van der Waals surface area contributed by atoms with Crippen LogP contribution in [0.5, 0.6) is 0 Å². The Morgan fingerprint density at radius 2 is 1.05 bits per heavy atom. The van der Waals surface area contributed by atoms with Gasteiger partial charge in [0.25, 0.3) is 10.0 Å². The van der Waals surface area contributed by atoms with Crippen LogP contribution in [0.25, 0.3) is 0 Å². The summed E-state index contributed by atoms with van der Waals surface area (Å²) in [5, 5.41) is 7.87. The largest absolute Gasteiger partial charge is 0.465 e. The summed E-state index contributed by atoms with van der Waals surface area (Å²) in [6, 6.07) is 33.5. The van der Waals surface area contributed by atoms with Crippen molar-refractivity contribution < 1.29 is 35.9 Å². The molecule has 15 heteroatoms. The number of nitrogens with zero attached hydrogens (tertiary/aromatic N) is 3. The number of benzene rings is 4. The Morgan fingerprint density at radius 3 is 1.44 bits per heavy atom. The second-order valence-electron chi connectivity index (χ2n) is 15.7. The first-order valence-corrected chi connectivity index (χ1v) is 24.0. The summed E-state index contributed by atoms with van der Waals surface area (Å²) in [5.74, 6) is -0.810. The van der Waals surface area contributed by atoms with E-state index in [9.17, 15) is 26.4 Å². The lowest BCUT2D eigenvalue weighted by Crippen LogP contribution is -2.55. The molecule has 2 aliphatic heterocycles. The molecule has 6 rings (SSSR count). The van der Waals surface area contributed by atoms with Crippen LogP contribution in [0.15, 0.2) is 121 Å². The number of anilines is 2. The van der Waals surface area contributed by atoms with Crippen LogP contribution >= 0.6 is 0 Å². The maximum atomic E-state index is 13.4. The molecule has 4 atom stereocenters. The maximum absolute atomic E-state index is 13.4. The molecule has 0 radical (unpaired) electrons. The van der Waals surface area contributed by atoms with Crippen molar-refractivity contribution in [2.24, 2.45) is 0 Å². The van der Waals surface area contributed by atoms with E-state index in [2.05, 4.69) is 54.5 Å². The second-order valence-corrected chi connectivity index (χ2v) is 19.5. The number of piperidine rings is 1. The molecule has 4 aromatic carbocycles. The minimum Gasteiger partial charge on any atom is -0.465 e. The average molecular weight is 890 g/mol. The number of nitrogens with one attached hydrogen (secondary N) is 2. The summed E-state index contributed by atoms with van der Waals surface area (Å²) >= 11 is 0. The molecular formula is C47H63N5O8S2. The molecule has 0 amide bonds. The molecule has 2 saturated heterocycles. The van der Waals surface area contributed by atoms with Gasteiger partial charge < -0.3 is 20.1 Å². The maximum Gasteiger partial charge on any atom is 0.337 e. The average Bonchev–Trinajstić information content (AvgIpc) is 3.27. The number of sulfonamides is 2. The van der Waals surface area contributed by atoms with Crippen LogP contribution in [0.2, 0.25) is 0 Å². The summed E-state index contributed by atoms with van der Waals surface area (Å²) in [7, 11) is -4.55. The Morgan fingerprint density at radius 1 is 0.645 bits per heavy atom. The molecule has 0 spiro atoms. The fourth-order valence-electron chi connectivity index (χ4n) is 7.38. The van der Waals surface area contributed by atoms with Gasteiger partial charge in [0.15, 0.2) is 0 Å². The van der Waals surface area contributed by atoms with Gasteiger partial charge in [0.1, 0.15) is 0 Å². The lowest BCUT2D eigenvalue weighted by molar-refractivity contribution is 0.0592. The SMILES string of the molecule is C=CS(=O)(=O)N(Cc1ccc(C(=O)OC)cc1)c1ccccc1.COC(=O)c1ccc(CN(c2ccccc2)S(=O)(=O)CCN2C[C@@H](C)N[C@@H](C)C2)cc1.C[C@@H]1CCC[C@H](C)N1. The highest BCUT2D eigenvalue weighted by Gasteiger charge is 2.27. The third-order valence-electron chi connectivity index (χ3n) is 10.5. The summed E-state index contributed by atoms with van der Waals surface area (Å²) in [6.07, 6.45) is 4.14. The minimum atomic E-state index is -3.64. The monoisotopic (exact) mass is 889 g/mol. The van der Waals surface area contributed by atoms with Gasteiger partial charge in [-0.05, 0) is 100 Å². The van der Waals surface area contributed by atoms with Gasteiger partial charge in [-0.15, -0.1) is 0 Å². The Kier molecular flexibility index (Phi) is 19.2. The van der Waals surface area contributed by atoms with Crippen molar-refractivity contribution >= 4 is 43.4 Å². The van der Waals surface area contributed by atoms with E-state index in [1.807, 2.05) is 24.3 Å². The summed E-state index contributed by atoms with van der Waals surface area (Å²) in [5.41, 5.74) is 3.55. The molecule has 0 aliphatic carbocycles. The first-order valence-electron chi connectivity index (χ1n) is 20.9. The van der Waals surface area contributed by atoms with Crippen molar-refractivity contribution in [1.29, 1.82) is 0 Å². The number of esters is 2. The van der Waals surface area contributed by atoms with Crippen LogP contribution in [0, 0.1) is 0 Å². The smallest absolute Gasteiger partial charge is 0.337 e. The highest BCUT2D eigenvalue weighted by molar-refractivity contribution is 7.95. The van der Waals surface area contributed by atoms with Gasteiger partial charge in [0.2, 0.25) is 10.0 Å². The van der Waals surface area contributed by atoms with Crippen molar-refractivity contribution in [3.05, 3.63) is 143 Å². The number of carbonyl (C=O) groups is 2. The molecule has 62 heavy (non-hydrogen) atoms. The fraction of sp³-hybridized carbons (Fsp3) is 0.404. The quantitative estimate of drug-likeness (QED) is 0.126. The Balaban J connectivity index is 0.000000238. The molecule has 4 aromatic rings. The third kappa shape index (κ3) is 15.4. The van der Waals surface area contributed by atoms with Crippen LogP contribution in [0.4, 0.5) is 11.4 Å². The van der Waals surface area contributed by atoms with Gasteiger partial charge in [-0.25, -0.2) is 26.4 Å². The third-order valence-corrected chi connectivity index (χ3v) is 13.6. The summed E-state index contributed by atoms with van der Waals surface area (Å²) in [6.45, 7) is 14.6. The normalized spacial score (nSPS) is 19.0. The van der Waals surface area contributed by atoms with E-state index in [4.69, 9.17) is 4.74 Å². The summed E-state index contributed by atoms with van der Waals surface area (Å²) < 4.78 is 63.3. The lowest BCUT2D eigenvalue weighted by atomic mass is 10.0. The van der Waals surface area contributed by atoms with E-state index in [-0.39, 0.29) is 18.8 Å². The number of ether oxygens (including phenoxy) is 2. The fourth-order valence-corrected chi connectivity index (χ4v) is 9.80. The zero-order chi connectivity index (χ0) is 45.3. The van der Waals surface area contributed by atoms with Crippen molar-refractivity contribution in [1.82, 2.24) is 15.5 Å². The van der Waals surface area contributed by atoms with Crippen molar-refractivity contribution in [3.8, 4) is 0 Å². The molecule has 2 heterocycles. The van der Waals surface area contributed by atoms with Crippen LogP contribution in [-0.2, 0) is 42.6 Å². The van der Waals surface area contributed by atoms with E-state index in [0.717, 1.165) is 41.7 Å². The van der Waals surface area contributed by atoms with Crippen LogP contribution < -0.4 is 19.2 Å². The highest BCUT2D eigenvalue weighted by atomic mass is 32.2. The number of para-hydroxylation sites is 2. The van der Waals surface area contributed by atoms with E-state index >= 15 is 0 Å². The zero-order valence-electron chi connectivity index (χ0n) is 36.8. The van der Waals surface area contributed by atoms with E-state index in [0.29, 0.717) is 41.1 Å². The molecule has 2 aliphatic rings. The molecule has 0 aromatic heterocycles. The van der Waals surface area contributed by atoms with Crippen molar-refractivity contribution in [2.45, 2.75) is 84.2 Å². The molecule has 13 nitrogen and oxygen atoms in total. The molecule has 336 valence electrons. The number of carbonyl (C=O) groups excluding carboxylic acids is 2. The number of piperazine rings is 1. The van der Waals surface area contributed by atoms with Crippen LogP contribution in [0.3, 0.4) is 0 Å². The van der Waals surface area contributed by atoms with Gasteiger partial charge in [0.05, 0.1) is 55.6 Å². The molecule has 0 saturated carbocycles. The molecule has 0 unspecified atom stereocenters. The first kappa shape index (κ1) is 49.6. The predicted molar refractivity (Wildman–Crippen MR) is 248 cm³/mol. The lowest BCUT2D eigenvalue weighted by Gasteiger charge is -2.36. The minimum absolute atomic E-state index is 0.0432. The van der Waals surface area contributed by atoms with E-state index < -0.39 is 32.0 Å². The topological polar surface area (TPSA) is 155 Å². The predicted octanol–water partition coefficient (Wildman–Crippen LogP) is 6.98. The number of rotatable bonds is 14. The standard InChI is InChI=1S/C23H31N3O4S.C17H17NO4S.C7H15N/c1-18-15-25(16-19(2)24-18)13-14-31(28,29)26(22-7-5-4-6-8-22)17-20-9-11-21(12-10-20)23(27)30-3;1-3-23(20,21)18(16-7-5-4-6-8-16)13-14-9-11-15(12-10-14)17(19)22-2;1-6-4-3-5-7(2)8-6/h4-12,18-19,24H,13-17H2,1-3H3;3-12H,1,13H2,2H3;6-8H,3-5H2,1-2H3/t18-,19+;;6-,7+. The summed E-state index contributed by atoms with van der Waals surface area (Å²) in [4.78, 5) is 25.3. The second kappa shape index (κ2) is 24.0. The molecule has 2 N–H and O–H groups in total. The molecule has 0 bridgehead atoms. The van der Waals surface area contributed by atoms with Crippen LogP contribution in [-0.4, -0.2) is 97.4 Å². The Bertz CT molecular complexity index is 2210. The van der Waals surface area contributed by atoms with Crippen molar-refractivity contribution in [2.75, 3.05) is 48.2 Å². The van der Waals surface area contributed by atoms with Gasteiger partial charge >= 0.3 is 11.9 Å². The Labute approximate surface area is 369 Å². The van der Waals surface area contributed by atoms with Crippen molar-refractivity contribution in [3.63, 3.8) is 0 Å². The van der Waals surface area contributed by atoms with Gasteiger partial charge in [-0.3, -0.25) is 13.5 Å². The van der Waals surface area contributed by atoms with E-state index in [1.165, 1.54) is 42.1 Å². The molecular weight excluding hydrogens is 827 g/mol. The van der Waals surface area contributed by atoms with Gasteiger partial charge in [-0.1, -0.05) is 73.7 Å². The Hall–Kier alpha value is -5.06. The highest BCUT2D eigenvalue weighted by Crippen LogP contribution is 2.24. The number of hydrogen-bond donors (Lipinski definition) is 2. The van der Waals surface area contributed by atoms with Gasteiger partial charge in [0, 0.05) is 49.2 Å². The van der Waals surface area contributed by atoms with E-state index in [1.54, 1.807) is 84.9 Å². The van der Waals surface area contributed by atoms with Crippen LogP contribution in [0.1, 0.15) is 78.8 Å². The van der Waals surface area contributed by atoms with Gasteiger partial charge in [-0.2, -0.15) is 0 Å². The number of methoxy groups -OCH3 is 2. The molecule has 2 fully saturated rings. The zero-order valence-corrected chi connectivity index (χ0v) is 38.4. The first-order chi connectivity index (χ1) is 29.5. The number of hydrogen-bond acceptors (Lipinski definition) is 11.